The molecule has 0 bridgehead atoms. The lowest BCUT2D eigenvalue weighted by atomic mass is 9.97. The number of carbonyl (C=O) groups excluding carboxylic acids is 1. The Bertz CT molecular complexity index is 207. The monoisotopic (exact) mass is 201 g/mol. The van der Waals surface area contributed by atoms with E-state index in [1.54, 1.807) is 4.90 Å². The van der Waals surface area contributed by atoms with E-state index in [-0.39, 0.29) is 30.8 Å². The smallest absolute Gasteiger partial charge is 0.225 e. The van der Waals surface area contributed by atoms with E-state index in [2.05, 4.69) is 0 Å². The Morgan fingerprint density at radius 3 is 2.00 bits per heavy atom. The van der Waals surface area contributed by atoms with Crippen molar-refractivity contribution in [1.29, 1.82) is 0 Å². The van der Waals surface area contributed by atoms with Crippen LogP contribution < -0.4 is 0 Å². The molecule has 1 fully saturated rings. The largest absolute Gasteiger partial charge is 0.388 e. The zero-order valence-corrected chi connectivity index (χ0v) is 8.97. The molecule has 0 radical (unpaired) electrons. The van der Waals surface area contributed by atoms with Gasteiger partial charge in [-0.2, -0.15) is 0 Å². The summed E-state index contributed by atoms with van der Waals surface area (Å²) in [7, 11) is 0. The average Bonchev–Trinajstić information content (AvgIpc) is 2.44. The highest BCUT2D eigenvalue weighted by Gasteiger charge is 2.34. The summed E-state index contributed by atoms with van der Waals surface area (Å²) in [6.07, 6.45) is -1.56. The molecule has 0 aromatic rings. The molecule has 1 heterocycles. The van der Waals surface area contributed by atoms with E-state index in [4.69, 9.17) is 0 Å². The molecule has 0 spiro atoms. The quantitative estimate of drug-likeness (QED) is 0.653. The second kappa shape index (κ2) is 4.28. The number of hydrogen-bond donors (Lipinski definition) is 2. The number of β-amino-alcohol motifs (C(OH)–C–C–N with tert-alkyl or cyclic N) is 2. The summed E-state index contributed by atoms with van der Waals surface area (Å²) in [4.78, 5) is 13.3. The van der Waals surface area contributed by atoms with Crippen molar-refractivity contribution in [3.05, 3.63) is 0 Å². The van der Waals surface area contributed by atoms with E-state index in [1.165, 1.54) is 0 Å². The van der Waals surface area contributed by atoms with Crippen LogP contribution in [-0.4, -0.2) is 46.3 Å². The molecule has 4 nitrogen and oxygen atoms in total. The summed E-state index contributed by atoms with van der Waals surface area (Å²) in [5.41, 5.74) is 0. The molecule has 1 aliphatic heterocycles. The van der Waals surface area contributed by atoms with Crippen molar-refractivity contribution < 1.29 is 15.0 Å². The number of carbonyl (C=O) groups is 1. The number of rotatable bonds is 2. The topological polar surface area (TPSA) is 60.8 Å². The summed E-state index contributed by atoms with van der Waals surface area (Å²) in [5.74, 6) is 0.264. The van der Waals surface area contributed by atoms with E-state index in [9.17, 15) is 15.0 Å². The van der Waals surface area contributed by atoms with Crippen molar-refractivity contribution in [1.82, 2.24) is 4.90 Å². The van der Waals surface area contributed by atoms with Crippen molar-refractivity contribution in [2.75, 3.05) is 13.1 Å². The Kier molecular flexibility index (Phi) is 3.50. The minimum absolute atomic E-state index is 0.0237. The Morgan fingerprint density at radius 2 is 1.64 bits per heavy atom. The fourth-order valence-corrected chi connectivity index (χ4v) is 1.52. The first kappa shape index (κ1) is 11.5. The molecule has 3 unspecified atom stereocenters. The first-order valence-electron chi connectivity index (χ1n) is 5.08. The van der Waals surface area contributed by atoms with Gasteiger partial charge in [0, 0.05) is 19.0 Å². The van der Waals surface area contributed by atoms with Crippen molar-refractivity contribution in [3.8, 4) is 0 Å². The van der Waals surface area contributed by atoms with Crippen LogP contribution in [-0.2, 0) is 4.79 Å². The molecule has 0 aromatic carbocycles. The fraction of sp³-hybridized carbons (Fsp3) is 0.900. The molecule has 1 aliphatic rings. The molecule has 0 saturated carbocycles. The maximum absolute atomic E-state index is 11.8. The molecule has 14 heavy (non-hydrogen) atoms. The number of nitrogens with zero attached hydrogens (tertiary/aromatic N) is 1. The third-order valence-electron chi connectivity index (χ3n) is 2.96. The van der Waals surface area contributed by atoms with E-state index >= 15 is 0 Å². The minimum Gasteiger partial charge on any atom is -0.388 e. The van der Waals surface area contributed by atoms with E-state index in [1.807, 2.05) is 20.8 Å². The first-order chi connectivity index (χ1) is 6.43. The number of aliphatic hydroxyl groups excluding tert-OH is 2. The fourth-order valence-electron chi connectivity index (χ4n) is 1.52. The second-order valence-corrected chi connectivity index (χ2v) is 4.41. The Labute approximate surface area is 84.5 Å². The SMILES string of the molecule is CC(C)C(C)C(=O)N1CC(O)C(O)C1. The Hall–Kier alpha value is -0.610. The molecule has 4 heteroatoms. The van der Waals surface area contributed by atoms with Crippen LogP contribution in [0.25, 0.3) is 0 Å². The van der Waals surface area contributed by atoms with Gasteiger partial charge in [-0.25, -0.2) is 0 Å². The van der Waals surface area contributed by atoms with Crippen LogP contribution in [0, 0.1) is 11.8 Å². The minimum atomic E-state index is -0.779. The van der Waals surface area contributed by atoms with E-state index in [0.717, 1.165) is 0 Å². The first-order valence-corrected chi connectivity index (χ1v) is 5.08. The maximum atomic E-state index is 11.8. The molecule has 1 saturated heterocycles. The van der Waals surface area contributed by atoms with Crippen LogP contribution in [0.15, 0.2) is 0 Å². The summed E-state index contributed by atoms with van der Waals surface area (Å²) >= 11 is 0. The van der Waals surface area contributed by atoms with Gasteiger partial charge in [0.05, 0.1) is 12.2 Å². The molecule has 0 aromatic heterocycles. The van der Waals surface area contributed by atoms with Gasteiger partial charge < -0.3 is 15.1 Å². The van der Waals surface area contributed by atoms with Crippen LogP contribution in [0.2, 0.25) is 0 Å². The predicted octanol–water partition coefficient (Wildman–Crippen LogP) is -0.158. The van der Waals surface area contributed by atoms with Crippen molar-refractivity contribution >= 4 is 5.91 Å². The zero-order chi connectivity index (χ0) is 10.9. The molecule has 1 amide bonds. The highest BCUT2D eigenvalue weighted by atomic mass is 16.3. The van der Waals surface area contributed by atoms with Gasteiger partial charge in [0.1, 0.15) is 0 Å². The summed E-state index contributed by atoms with van der Waals surface area (Å²) in [6, 6.07) is 0. The highest BCUT2D eigenvalue weighted by molar-refractivity contribution is 5.79. The third-order valence-corrected chi connectivity index (χ3v) is 2.96. The summed E-state index contributed by atoms with van der Waals surface area (Å²) in [6.45, 7) is 6.38. The predicted molar refractivity (Wildman–Crippen MR) is 52.6 cm³/mol. The number of aliphatic hydroxyl groups is 2. The summed E-state index contributed by atoms with van der Waals surface area (Å²) in [5, 5.41) is 18.6. The number of likely N-dealkylation sites (tertiary alicyclic amines) is 1. The van der Waals surface area contributed by atoms with Crippen molar-refractivity contribution in [2.24, 2.45) is 11.8 Å². The Morgan fingerprint density at radius 1 is 1.21 bits per heavy atom. The lowest BCUT2D eigenvalue weighted by Crippen LogP contribution is -2.36. The molecule has 0 aliphatic carbocycles. The number of amides is 1. The van der Waals surface area contributed by atoms with Gasteiger partial charge in [-0.05, 0) is 5.92 Å². The maximum Gasteiger partial charge on any atom is 0.225 e. The van der Waals surface area contributed by atoms with Crippen molar-refractivity contribution in [2.45, 2.75) is 33.0 Å². The molecule has 3 atom stereocenters. The van der Waals surface area contributed by atoms with Gasteiger partial charge in [0.2, 0.25) is 5.91 Å². The van der Waals surface area contributed by atoms with Crippen LogP contribution in [0.5, 0.6) is 0 Å². The van der Waals surface area contributed by atoms with Gasteiger partial charge >= 0.3 is 0 Å². The summed E-state index contributed by atoms with van der Waals surface area (Å²) < 4.78 is 0. The molecular formula is C10H19NO3. The second-order valence-electron chi connectivity index (χ2n) is 4.41. The van der Waals surface area contributed by atoms with Crippen LogP contribution in [0.1, 0.15) is 20.8 Å². The Balaban J connectivity index is 2.55. The average molecular weight is 201 g/mol. The van der Waals surface area contributed by atoms with E-state index in [0.29, 0.717) is 0 Å². The lowest BCUT2D eigenvalue weighted by molar-refractivity contribution is -0.135. The van der Waals surface area contributed by atoms with Gasteiger partial charge in [-0.15, -0.1) is 0 Å². The van der Waals surface area contributed by atoms with Gasteiger partial charge in [-0.3, -0.25) is 4.79 Å². The lowest BCUT2D eigenvalue weighted by Gasteiger charge is -2.22. The normalized spacial score (nSPS) is 29.7. The van der Waals surface area contributed by atoms with Crippen LogP contribution >= 0.6 is 0 Å². The van der Waals surface area contributed by atoms with Crippen LogP contribution in [0.4, 0.5) is 0 Å². The third kappa shape index (κ3) is 2.25. The standard InChI is InChI=1S/C10H19NO3/c1-6(2)7(3)10(14)11-4-8(12)9(13)5-11/h6-9,12-13H,4-5H2,1-3H3. The molecule has 2 N–H and O–H groups in total. The van der Waals surface area contributed by atoms with Gasteiger partial charge in [-0.1, -0.05) is 20.8 Å². The zero-order valence-electron chi connectivity index (χ0n) is 8.97. The number of hydrogen-bond acceptors (Lipinski definition) is 3. The highest BCUT2D eigenvalue weighted by Crippen LogP contribution is 2.18. The van der Waals surface area contributed by atoms with E-state index < -0.39 is 12.2 Å². The van der Waals surface area contributed by atoms with Gasteiger partial charge in [0.15, 0.2) is 0 Å². The molecule has 82 valence electrons. The molecular weight excluding hydrogens is 182 g/mol. The van der Waals surface area contributed by atoms with Gasteiger partial charge in [0.25, 0.3) is 0 Å². The van der Waals surface area contributed by atoms with Crippen molar-refractivity contribution in [3.63, 3.8) is 0 Å². The van der Waals surface area contributed by atoms with Crippen LogP contribution in [0.3, 0.4) is 0 Å². The molecule has 1 rings (SSSR count).